The summed E-state index contributed by atoms with van der Waals surface area (Å²) in [6, 6.07) is 10.3. The second-order valence-corrected chi connectivity index (χ2v) is 10.5. The fraction of sp³-hybridized carbons (Fsp3) is 0.304. The molecule has 0 unspecified atom stereocenters. The van der Waals surface area contributed by atoms with Crippen molar-refractivity contribution in [1.82, 2.24) is 4.90 Å². The van der Waals surface area contributed by atoms with E-state index in [1.165, 1.54) is 31.3 Å². The molecule has 4 rings (SSSR count). The third kappa shape index (κ3) is 4.84. The number of methoxy groups -OCH3 is 2. The minimum absolute atomic E-state index is 0.00640. The van der Waals surface area contributed by atoms with E-state index >= 15 is 0 Å². The highest BCUT2D eigenvalue weighted by Crippen LogP contribution is 2.30. The minimum atomic E-state index is -3.27. The molecule has 1 aromatic heterocycles. The monoisotopic (exact) mass is 491 g/mol. The maximum Gasteiger partial charge on any atom is 0.290 e. The molecule has 33 heavy (non-hydrogen) atoms. The Morgan fingerprint density at radius 2 is 1.88 bits per heavy atom. The van der Waals surface area contributed by atoms with Crippen LogP contribution in [0.4, 0.5) is 0 Å². The molecular weight excluding hydrogens is 470 g/mol. The predicted octanol–water partition coefficient (Wildman–Crippen LogP) is 3.29. The largest absolute Gasteiger partial charge is 0.493 e. The van der Waals surface area contributed by atoms with Gasteiger partial charge in [-0.15, -0.1) is 0 Å². The van der Waals surface area contributed by atoms with E-state index in [9.17, 15) is 18.0 Å². The molecule has 174 valence electrons. The van der Waals surface area contributed by atoms with Crippen molar-refractivity contribution >= 4 is 38.3 Å². The molecule has 3 aromatic rings. The van der Waals surface area contributed by atoms with Crippen LogP contribution < -0.4 is 14.9 Å². The number of nitrogens with zero attached hydrogens (tertiary/aromatic N) is 1. The number of carbonyl (C=O) groups excluding carboxylic acids is 1. The number of carbonyl (C=O) groups is 1. The summed E-state index contributed by atoms with van der Waals surface area (Å²) in [4.78, 5) is 27.5. The van der Waals surface area contributed by atoms with E-state index in [2.05, 4.69) is 0 Å². The van der Waals surface area contributed by atoms with Crippen LogP contribution in [-0.4, -0.2) is 51.0 Å². The van der Waals surface area contributed by atoms with E-state index in [1.54, 1.807) is 24.3 Å². The Bertz CT molecular complexity index is 1380. The number of halogens is 1. The van der Waals surface area contributed by atoms with Crippen molar-refractivity contribution in [2.75, 3.05) is 25.7 Å². The molecule has 1 amide bonds. The van der Waals surface area contributed by atoms with Crippen LogP contribution in [0.5, 0.6) is 11.5 Å². The van der Waals surface area contributed by atoms with Crippen LogP contribution in [0.1, 0.15) is 22.5 Å². The molecule has 0 aliphatic carbocycles. The average Bonchev–Trinajstić information content (AvgIpc) is 3.16. The smallest absolute Gasteiger partial charge is 0.290 e. The van der Waals surface area contributed by atoms with E-state index < -0.39 is 27.2 Å². The number of benzene rings is 2. The standard InChI is InChI=1S/C23H22ClNO7S/c1-30-20-5-3-14(9-21(20)31-2)12-25(16-7-8-33(28,29)13-16)23(27)22-11-18(26)17-10-15(24)4-6-19(17)32-22/h3-6,9-11,16H,7-8,12-13H2,1-2H3/t16-/m1/s1. The van der Waals surface area contributed by atoms with Gasteiger partial charge >= 0.3 is 0 Å². The van der Waals surface area contributed by atoms with Crippen molar-refractivity contribution in [3.63, 3.8) is 0 Å². The topological polar surface area (TPSA) is 103 Å². The molecule has 1 aliphatic heterocycles. The van der Waals surface area contributed by atoms with Gasteiger partial charge in [0, 0.05) is 23.7 Å². The maximum absolute atomic E-state index is 13.5. The average molecular weight is 492 g/mol. The number of hydrogen-bond donors (Lipinski definition) is 0. The minimum Gasteiger partial charge on any atom is -0.493 e. The van der Waals surface area contributed by atoms with E-state index in [-0.39, 0.29) is 34.8 Å². The summed E-state index contributed by atoms with van der Waals surface area (Å²) in [5.74, 6) is 0.116. The molecule has 0 N–H and O–H groups in total. The molecule has 0 spiro atoms. The van der Waals surface area contributed by atoms with Crippen LogP contribution in [0.25, 0.3) is 11.0 Å². The molecule has 0 saturated carbocycles. The first-order valence-electron chi connectivity index (χ1n) is 10.2. The lowest BCUT2D eigenvalue weighted by Crippen LogP contribution is -2.40. The molecule has 2 aromatic carbocycles. The fourth-order valence-corrected chi connectivity index (χ4v) is 5.84. The van der Waals surface area contributed by atoms with Crippen molar-refractivity contribution < 1.29 is 27.1 Å². The lowest BCUT2D eigenvalue weighted by molar-refractivity contribution is 0.0648. The van der Waals surface area contributed by atoms with E-state index in [4.69, 9.17) is 25.5 Å². The van der Waals surface area contributed by atoms with E-state index in [1.807, 2.05) is 0 Å². The Kier molecular flexibility index (Phi) is 6.36. The van der Waals surface area contributed by atoms with Crippen LogP contribution >= 0.6 is 11.6 Å². The van der Waals surface area contributed by atoms with Gasteiger partial charge in [-0.1, -0.05) is 17.7 Å². The second-order valence-electron chi connectivity index (χ2n) is 7.79. The van der Waals surface area contributed by atoms with Crippen LogP contribution in [0.3, 0.4) is 0 Å². The van der Waals surface area contributed by atoms with Crippen molar-refractivity contribution in [2.24, 2.45) is 0 Å². The Labute approximate surface area is 195 Å². The molecule has 2 heterocycles. The summed E-state index contributed by atoms with van der Waals surface area (Å²) in [5.41, 5.74) is 0.521. The van der Waals surface area contributed by atoms with Crippen LogP contribution in [0.2, 0.25) is 5.02 Å². The van der Waals surface area contributed by atoms with Crippen LogP contribution in [-0.2, 0) is 16.4 Å². The van der Waals surface area contributed by atoms with Crippen molar-refractivity contribution in [2.45, 2.75) is 19.0 Å². The SMILES string of the molecule is COc1ccc(CN(C(=O)c2cc(=O)c3cc(Cl)ccc3o2)[C@@H]2CCS(=O)(=O)C2)cc1OC. The maximum atomic E-state index is 13.5. The number of amides is 1. The van der Waals surface area contributed by atoms with Gasteiger partial charge in [-0.3, -0.25) is 9.59 Å². The lowest BCUT2D eigenvalue weighted by atomic mass is 10.1. The Balaban J connectivity index is 1.74. The zero-order valence-electron chi connectivity index (χ0n) is 18.0. The molecule has 1 saturated heterocycles. The molecule has 1 atom stereocenters. The Morgan fingerprint density at radius 1 is 1.12 bits per heavy atom. The molecule has 1 aliphatic rings. The highest BCUT2D eigenvalue weighted by molar-refractivity contribution is 7.91. The van der Waals surface area contributed by atoms with Crippen molar-refractivity contribution in [3.8, 4) is 11.5 Å². The quantitative estimate of drug-likeness (QED) is 0.521. The van der Waals surface area contributed by atoms with Gasteiger partial charge in [-0.25, -0.2) is 8.42 Å². The number of sulfone groups is 1. The van der Waals surface area contributed by atoms with Crippen LogP contribution in [0, 0.1) is 0 Å². The molecule has 0 radical (unpaired) electrons. The normalized spacial score (nSPS) is 17.1. The van der Waals surface area contributed by atoms with Gasteiger partial charge in [-0.05, 0) is 42.3 Å². The molecule has 1 fully saturated rings. The predicted molar refractivity (Wildman–Crippen MR) is 124 cm³/mol. The lowest BCUT2D eigenvalue weighted by Gasteiger charge is -2.28. The highest BCUT2D eigenvalue weighted by atomic mass is 35.5. The van der Waals surface area contributed by atoms with Gasteiger partial charge in [0.2, 0.25) is 0 Å². The summed E-state index contributed by atoms with van der Waals surface area (Å²) in [5, 5.41) is 0.633. The zero-order chi connectivity index (χ0) is 23.8. The molecular formula is C23H22ClNO7S. The third-order valence-corrected chi connectivity index (χ3v) is 7.60. The van der Waals surface area contributed by atoms with Gasteiger partial charge in [0.25, 0.3) is 5.91 Å². The van der Waals surface area contributed by atoms with Crippen molar-refractivity contribution in [3.05, 3.63) is 69.0 Å². The zero-order valence-corrected chi connectivity index (χ0v) is 19.6. The molecule has 10 heteroatoms. The van der Waals surface area contributed by atoms with Crippen LogP contribution in [0.15, 0.2) is 51.7 Å². The summed E-state index contributed by atoms with van der Waals surface area (Å²) in [6.45, 7) is 0.0989. The molecule has 8 nitrogen and oxygen atoms in total. The van der Waals surface area contributed by atoms with Gasteiger partial charge in [-0.2, -0.15) is 0 Å². The van der Waals surface area contributed by atoms with Gasteiger partial charge in [0.15, 0.2) is 32.5 Å². The molecule has 0 bridgehead atoms. The summed E-state index contributed by atoms with van der Waals surface area (Å²) in [7, 11) is -0.242. The first-order valence-corrected chi connectivity index (χ1v) is 12.4. The number of ether oxygens (including phenoxy) is 2. The first-order chi connectivity index (χ1) is 15.7. The first kappa shape index (κ1) is 23.1. The number of rotatable bonds is 6. The number of hydrogen-bond acceptors (Lipinski definition) is 7. The van der Waals surface area contributed by atoms with Crippen molar-refractivity contribution in [1.29, 1.82) is 0 Å². The van der Waals surface area contributed by atoms with Gasteiger partial charge in [0.05, 0.1) is 31.1 Å². The summed E-state index contributed by atoms with van der Waals surface area (Å²) >= 11 is 5.96. The Hall–Kier alpha value is -3.04. The van der Waals surface area contributed by atoms with Gasteiger partial charge in [0.1, 0.15) is 5.58 Å². The third-order valence-electron chi connectivity index (χ3n) is 5.61. The van der Waals surface area contributed by atoms with E-state index in [0.29, 0.717) is 28.5 Å². The fourth-order valence-electron chi connectivity index (χ4n) is 3.94. The number of fused-ring (bicyclic) bond motifs is 1. The van der Waals surface area contributed by atoms with E-state index in [0.717, 1.165) is 6.07 Å². The summed E-state index contributed by atoms with van der Waals surface area (Å²) < 4.78 is 40.6. The second kappa shape index (κ2) is 9.07. The van der Waals surface area contributed by atoms with Gasteiger partial charge < -0.3 is 18.8 Å². The summed E-state index contributed by atoms with van der Waals surface area (Å²) in [6.07, 6.45) is 0.300. The Morgan fingerprint density at radius 3 is 2.55 bits per heavy atom. The highest BCUT2D eigenvalue weighted by Gasteiger charge is 2.36.